The van der Waals surface area contributed by atoms with Gasteiger partial charge in [-0.25, -0.2) is 0 Å². The molecule has 0 bridgehead atoms. The van der Waals surface area contributed by atoms with E-state index >= 15 is 0 Å². The number of fused-ring (bicyclic) bond motifs is 3. The van der Waals surface area contributed by atoms with Crippen LogP contribution in [0.3, 0.4) is 0 Å². The molecule has 4 heteroatoms. The van der Waals surface area contributed by atoms with Gasteiger partial charge in [-0.2, -0.15) is 0 Å². The van der Waals surface area contributed by atoms with Gasteiger partial charge in [-0.3, -0.25) is 0 Å². The fraction of sp³-hybridized carbons (Fsp3) is 0.118. The molecule has 0 fully saturated rings. The van der Waals surface area contributed by atoms with Gasteiger partial charge in [0.2, 0.25) is 0 Å². The second kappa shape index (κ2) is 5.18. The van der Waals surface area contributed by atoms with Crippen LogP contribution >= 0.6 is 22.6 Å². The second-order valence-electron chi connectivity index (χ2n) is 4.81. The van der Waals surface area contributed by atoms with Gasteiger partial charge in [0.15, 0.2) is 0 Å². The number of carbonyl (C=O) groups excluding carboxylic acids is 1. The monoisotopic (exact) mass is 391 g/mol. The molecule has 1 aromatic heterocycles. The van der Waals surface area contributed by atoms with Crippen LogP contribution in [0.25, 0.3) is 27.5 Å². The average molecular weight is 391 g/mol. The molecule has 3 aromatic rings. The Bertz CT molecular complexity index is 890. The first-order valence-corrected chi connectivity index (χ1v) is 7.65. The lowest BCUT2D eigenvalue weighted by Crippen LogP contribution is -2.23. The zero-order valence-corrected chi connectivity index (χ0v) is 13.6. The zero-order valence-electron chi connectivity index (χ0n) is 11.4. The Hall–Kier alpha value is -1.82. The Morgan fingerprint density at radius 3 is 2.71 bits per heavy atom. The molecule has 1 heterocycles. The number of carboxylic acid groups (broad SMARTS) is 1. The van der Waals surface area contributed by atoms with E-state index in [2.05, 4.69) is 36.1 Å². The SMILES string of the molecule is C=C(C(=O)[O-])c1ccc(CC)c2c1oc1c(I)cccc12. The summed E-state index contributed by atoms with van der Waals surface area (Å²) in [5.41, 5.74) is 2.90. The summed E-state index contributed by atoms with van der Waals surface area (Å²) in [6.45, 7) is 5.66. The van der Waals surface area contributed by atoms with Crippen molar-refractivity contribution >= 4 is 56.1 Å². The molecule has 0 N–H and O–H groups in total. The molecule has 0 amide bonds. The van der Waals surface area contributed by atoms with Crippen molar-refractivity contribution in [2.24, 2.45) is 0 Å². The predicted octanol–water partition coefficient (Wildman–Crippen LogP) is 3.52. The molecule has 0 unspecified atom stereocenters. The van der Waals surface area contributed by atoms with Crippen LogP contribution in [0.2, 0.25) is 0 Å². The molecular formula is C17H12IO3-. The number of carboxylic acids is 1. The summed E-state index contributed by atoms with van der Waals surface area (Å²) < 4.78 is 6.96. The summed E-state index contributed by atoms with van der Waals surface area (Å²) >= 11 is 2.21. The molecule has 21 heavy (non-hydrogen) atoms. The van der Waals surface area contributed by atoms with Crippen LogP contribution in [-0.2, 0) is 11.2 Å². The van der Waals surface area contributed by atoms with E-state index in [1.54, 1.807) is 6.07 Å². The molecule has 0 aliphatic carbocycles. The third kappa shape index (κ3) is 2.14. The Labute approximate surface area is 135 Å². The molecule has 0 aliphatic heterocycles. The molecule has 2 aromatic carbocycles. The van der Waals surface area contributed by atoms with E-state index < -0.39 is 5.97 Å². The maximum Gasteiger partial charge on any atom is 0.148 e. The Morgan fingerprint density at radius 1 is 1.29 bits per heavy atom. The van der Waals surface area contributed by atoms with Gasteiger partial charge in [0.05, 0.1) is 9.54 Å². The van der Waals surface area contributed by atoms with Gasteiger partial charge >= 0.3 is 0 Å². The van der Waals surface area contributed by atoms with E-state index in [4.69, 9.17) is 4.42 Å². The standard InChI is InChI=1S/C17H13IO3/c1-3-10-7-8-11(9(2)17(19)20)16-14(10)12-5-4-6-13(18)15(12)21-16/h4-8H,2-3H2,1H3,(H,19,20)/p-1. The maximum atomic E-state index is 11.1. The van der Waals surface area contributed by atoms with Crippen LogP contribution in [0.5, 0.6) is 0 Å². The highest BCUT2D eigenvalue weighted by molar-refractivity contribution is 14.1. The van der Waals surface area contributed by atoms with Gasteiger partial charge in [-0.05, 0) is 40.6 Å². The fourth-order valence-corrected chi connectivity index (χ4v) is 3.19. The smallest absolute Gasteiger partial charge is 0.148 e. The summed E-state index contributed by atoms with van der Waals surface area (Å²) in [5, 5.41) is 13.1. The van der Waals surface area contributed by atoms with E-state index in [-0.39, 0.29) is 5.57 Å². The number of aryl methyl sites for hydroxylation is 1. The lowest BCUT2D eigenvalue weighted by molar-refractivity contribution is -0.295. The Balaban J connectivity index is 2.49. The number of rotatable bonds is 3. The topological polar surface area (TPSA) is 53.3 Å². The minimum atomic E-state index is -1.28. The molecule has 3 nitrogen and oxygen atoms in total. The van der Waals surface area contributed by atoms with E-state index in [1.807, 2.05) is 24.3 Å². The van der Waals surface area contributed by atoms with Crippen molar-refractivity contribution in [1.82, 2.24) is 0 Å². The number of carbonyl (C=O) groups is 1. The van der Waals surface area contributed by atoms with Crippen molar-refractivity contribution in [3.63, 3.8) is 0 Å². The van der Waals surface area contributed by atoms with Crippen molar-refractivity contribution < 1.29 is 14.3 Å². The largest absolute Gasteiger partial charge is 0.545 e. The number of hydrogen-bond acceptors (Lipinski definition) is 3. The minimum Gasteiger partial charge on any atom is -0.545 e. The number of para-hydroxylation sites is 1. The number of furan rings is 1. The molecule has 0 saturated heterocycles. The highest BCUT2D eigenvalue weighted by atomic mass is 127. The molecule has 0 aliphatic rings. The third-order valence-electron chi connectivity index (χ3n) is 3.64. The van der Waals surface area contributed by atoms with E-state index in [0.717, 1.165) is 31.9 Å². The predicted molar refractivity (Wildman–Crippen MR) is 89.9 cm³/mol. The van der Waals surface area contributed by atoms with Crippen molar-refractivity contribution in [2.45, 2.75) is 13.3 Å². The molecule has 0 saturated carbocycles. The zero-order chi connectivity index (χ0) is 15.1. The van der Waals surface area contributed by atoms with Gasteiger partial charge in [0.1, 0.15) is 11.2 Å². The molecule has 106 valence electrons. The van der Waals surface area contributed by atoms with Crippen molar-refractivity contribution in [3.8, 4) is 0 Å². The highest BCUT2D eigenvalue weighted by Gasteiger charge is 2.17. The second-order valence-corrected chi connectivity index (χ2v) is 5.98. The molecule has 3 rings (SSSR count). The fourth-order valence-electron chi connectivity index (χ4n) is 2.58. The molecule has 0 radical (unpaired) electrons. The molecular weight excluding hydrogens is 379 g/mol. The van der Waals surface area contributed by atoms with E-state index in [0.29, 0.717) is 11.1 Å². The van der Waals surface area contributed by atoms with Crippen LogP contribution in [0.1, 0.15) is 18.1 Å². The van der Waals surface area contributed by atoms with Crippen LogP contribution in [0.15, 0.2) is 41.3 Å². The third-order valence-corrected chi connectivity index (χ3v) is 4.49. The maximum absolute atomic E-state index is 11.1. The summed E-state index contributed by atoms with van der Waals surface area (Å²) in [6.07, 6.45) is 0.842. The van der Waals surface area contributed by atoms with Gasteiger partial charge in [0.25, 0.3) is 0 Å². The summed E-state index contributed by atoms with van der Waals surface area (Å²) in [6, 6.07) is 9.60. The Morgan fingerprint density at radius 2 is 2.05 bits per heavy atom. The molecule has 0 spiro atoms. The van der Waals surface area contributed by atoms with Crippen molar-refractivity contribution in [2.75, 3.05) is 0 Å². The summed E-state index contributed by atoms with van der Waals surface area (Å²) in [7, 11) is 0. The van der Waals surface area contributed by atoms with Crippen LogP contribution in [-0.4, -0.2) is 5.97 Å². The number of benzene rings is 2. The number of halogens is 1. The average Bonchev–Trinajstić information content (AvgIpc) is 2.86. The van der Waals surface area contributed by atoms with Crippen LogP contribution in [0, 0.1) is 3.57 Å². The van der Waals surface area contributed by atoms with Crippen molar-refractivity contribution in [3.05, 3.63) is 51.6 Å². The van der Waals surface area contributed by atoms with E-state index in [9.17, 15) is 9.90 Å². The lowest BCUT2D eigenvalue weighted by atomic mass is 9.98. The van der Waals surface area contributed by atoms with E-state index in [1.165, 1.54) is 0 Å². The first-order chi connectivity index (χ1) is 10.0. The van der Waals surface area contributed by atoms with Crippen LogP contribution in [0.4, 0.5) is 0 Å². The van der Waals surface area contributed by atoms with Gasteiger partial charge in [-0.15, -0.1) is 0 Å². The van der Waals surface area contributed by atoms with Crippen LogP contribution < -0.4 is 5.11 Å². The van der Waals surface area contributed by atoms with Crippen molar-refractivity contribution in [1.29, 1.82) is 0 Å². The van der Waals surface area contributed by atoms with Gasteiger partial charge in [-0.1, -0.05) is 37.8 Å². The number of hydrogen-bond donors (Lipinski definition) is 0. The Kier molecular flexibility index (Phi) is 3.49. The summed E-state index contributed by atoms with van der Waals surface area (Å²) in [4.78, 5) is 11.1. The van der Waals surface area contributed by atoms with Gasteiger partial charge in [0, 0.05) is 21.9 Å². The van der Waals surface area contributed by atoms with Gasteiger partial charge < -0.3 is 14.3 Å². The quantitative estimate of drug-likeness (QED) is 0.507. The minimum absolute atomic E-state index is 0.0586. The first kappa shape index (κ1) is 14.1. The first-order valence-electron chi connectivity index (χ1n) is 6.57. The number of aliphatic carboxylic acids is 1. The molecule has 0 atom stereocenters. The summed E-state index contributed by atoms with van der Waals surface area (Å²) in [5.74, 6) is -1.28. The highest BCUT2D eigenvalue weighted by Crippen LogP contribution is 2.37. The lowest BCUT2D eigenvalue weighted by Gasteiger charge is -2.09. The normalized spacial score (nSPS) is 11.1.